The highest BCUT2D eigenvalue weighted by Crippen LogP contribution is 2.24. The van der Waals surface area contributed by atoms with Crippen molar-refractivity contribution in [2.45, 2.75) is 19.3 Å². The number of nitrogens with zero attached hydrogens (tertiary/aromatic N) is 1. The number of pyridine rings is 1. The summed E-state index contributed by atoms with van der Waals surface area (Å²) in [5.74, 6) is -0.928. The molecule has 108 valence electrons. The molecule has 21 heavy (non-hydrogen) atoms. The van der Waals surface area contributed by atoms with Gasteiger partial charge in [-0.1, -0.05) is 30.3 Å². The number of amides is 1. The molecule has 0 saturated carbocycles. The second-order valence-corrected chi connectivity index (χ2v) is 5.18. The van der Waals surface area contributed by atoms with Crippen LogP contribution in [-0.4, -0.2) is 22.0 Å². The highest BCUT2D eigenvalue weighted by atomic mass is 16.4. The van der Waals surface area contributed by atoms with Crippen molar-refractivity contribution in [1.82, 2.24) is 4.98 Å². The number of rotatable bonds is 4. The van der Waals surface area contributed by atoms with Crippen molar-refractivity contribution >= 4 is 17.7 Å². The van der Waals surface area contributed by atoms with Gasteiger partial charge in [-0.15, -0.1) is 0 Å². The van der Waals surface area contributed by atoms with E-state index in [9.17, 15) is 9.59 Å². The second-order valence-electron chi connectivity index (χ2n) is 5.18. The highest BCUT2D eigenvalue weighted by molar-refractivity contribution is 5.98. The molecule has 0 spiro atoms. The number of carboxylic acid groups (broad SMARTS) is 1. The van der Waals surface area contributed by atoms with E-state index >= 15 is 0 Å². The van der Waals surface area contributed by atoms with Gasteiger partial charge in [0.1, 0.15) is 5.82 Å². The summed E-state index contributed by atoms with van der Waals surface area (Å²) in [5, 5.41) is 11.5. The van der Waals surface area contributed by atoms with Gasteiger partial charge >= 0.3 is 5.97 Å². The van der Waals surface area contributed by atoms with Gasteiger partial charge in [-0.05, 0) is 31.5 Å². The average molecular weight is 284 g/mol. The first kappa shape index (κ1) is 14.7. The highest BCUT2D eigenvalue weighted by Gasteiger charge is 2.29. The topological polar surface area (TPSA) is 79.3 Å². The van der Waals surface area contributed by atoms with Gasteiger partial charge < -0.3 is 10.4 Å². The van der Waals surface area contributed by atoms with Crippen molar-refractivity contribution in [2.75, 3.05) is 5.32 Å². The van der Waals surface area contributed by atoms with E-state index in [4.69, 9.17) is 5.11 Å². The fourth-order valence-electron chi connectivity index (χ4n) is 1.85. The number of carbonyl (C=O) groups is 2. The minimum Gasteiger partial charge on any atom is -0.478 e. The number of benzene rings is 1. The zero-order valence-electron chi connectivity index (χ0n) is 11.8. The molecular weight excluding hydrogens is 268 g/mol. The summed E-state index contributed by atoms with van der Waals surface area (Å²) >= 11 is 0. The van der Waals surface area contributed by atoms with Crippen LogP contribution in [0.25, 0.3) is 0 Å². The Kier molecular flexibility index (Phi) is 4.03. The summed E-state index contributed by atoms with van der Waals surface area (Å²) in [4.78, 5) is 27.1. The molecule has 5 nitrogen and oxygen atoms in total. The molecule has 0 aliphatic carbocycles. The SMILES string of the molecule is CC(C)(C(=O)Nc1ccc(C(=O)O)cn1)c1ccccc1. The lowest BCUT2D eigenvalue weighted by molar-refractivity contribution is -0.120. The number of nitrogens with one attached hydrogen (secondary N) is 1. The van der Waals surface area contributed by atoms with Gasteiger partial charge in [-0.25, -0.2) is 9.78 Å². The molecule has 1 heterocycles. The van der Waals surface area contributed by atoms with E-state index in [-0.39, 0.29) is 11.5 Å². The van der Waals surface area contributed by atoms with E-state index < -0.39 is 11.4 Å². The quantitative estimate of drug-likeness (QED) is 0.904. The number of anilines is 1. The summed E-state index contributed by atoms with van der Waals surface area (Å²) in [6, 6.07) is 12.3. The first-order valence-electron chi connectivity index (χ1n) is 6.47. The maximum Gasteiger partial charge on any atom is 0.337 e. The Hall–Kier alpha value is -2.69. The number of aromatic nitrogens is 1. The fraction of sp³-hybridized carbons (Fsp3) is 0.188. The number of hydrogen-bond acceptors (Lipinski definition) is 3. The summed E-state index contributed by atoms with van der Waals surface area (Å²) < 4.78 is 0. The minimum atomic E-state index is -1.05. The molecule has 0 aliphatic heterocycles. The molecule has 1 aromatic carbocycles. The van der Waals surface area contributed by atoms with Crippen molar-refractivity contribution in [3.63, 3.8) is 0 Å². The first-order chi connectivity index (χ1) is 9.91. The molecule has 0 unspecified atom stereocenters. The van der Waals surface area contributed by atoms with Crippen LogP contribution in [0.5, 0.6) is 0 Å². The van der Waals surface area contributed by atoms with Gasteiger partial charge in [-0.2, -0.15) is 0 Å². The molecule has 0 atom stereocenters. The standard InChI is InChI=1S/C16H16N2O3/c1-16(2,12-6-4-3-5-7-12)15(21)18-13-9-8-11(10-17-13)14(19)20/h3-10H,1-2H3,(H,19,20)(H,17,18,21). The third-order valence-corrected chi connectivity index (χ3v) is 3.32. The van der Waals surface area contributed by atoms with Crippen molar-refractivity contribution < 1.29 is 14.7 Å². The van der Waals surface area contributed by atoms with Crippen LogP contribution < -0.4 is 5.32 Å². The van der Waals surface area contributed by atoms with Gasteiger partial charge in [0.05, 0.1) is 11.0 Å². The van der Waals surface area contributed by atoms with E-state index in [0.717, 1.165) is 5.56 Å². The molecule has 0 aliphatic rings. The Bertz CT molecular complexity index is 649. The number of aromatic carboxylic acids is 1. The molecule has 1 amide bonds. The molecular formula is C16H16N2O3. The molecule has 2 N–H and O–H groups in total. The number of carboxylic acids is 1. The monoisotopic (exact) mass is 284 g/mol. The molecule has 2 aromatic rings. The molecule has 5 heteroatoms. The lowest BCUT2D eigenvalue weighted by Gasteiger charge is -2.23. The predicted molar refractivity (Wildman–Crippen MR) is 79.3 cm³/mol. The molecule has 0 fully saturated rings. The molecule has 2 rings (SSSR count). The third-order valence-electron chi connectivity index (χ3n) is 3.32. The molecule has 0 bridgehead atoms. The predicted octanol–water partition coefficient (Wildman–Crippen LogP) is 2.70. The molecule has 0 radical (unpaired) electrons. The van der Waals surface area contributed by atoms with E-state index in [1.165, 1.54) is 18.3 Å². The number of hydrogen-bond donors (Lipinski definition) is 2. The summed E-state index contributed by atoms with van der Waals surface area (Å²) in [5.41, 5.74) is 0.258. The van der Waals surface area contributed by atoms with Gasteiger partial charge in [-0.3, -0.25) is 4.79 Å². The Balaban J connectivity index is 2.15. The van der Waals surface area contributed by atoms with Crippen LogP contribution in [0.2, 0.25) is 0 Å². The minimum absolute atomic E-state index is 0.0790. The summed E-state index contributed by atoms with van der Waals surface area (Å²) in [6.45, 7) is 3.65. The lowest BCUT2D eigenvalue weighted by Crippen LogP contribution is -2.34. The van der Waals surface area contributed by atoms with Crippen LogP contribution in [0, 0.1) is 0 Å². The Morgan fingerprint density at radius 1 is 1.10 bits per heavy atom. The summed E-state index contributed by atoms with van der Waals surface area (Å²) in [6.07, 6.45) is 1.22. The zero-order valence-corrected chi connectivity index (χ0v) is 11.8. The summed E-state index contributed by atoms with van der Waals surface area (Å²) in [7, 11) is 0. The van der Waals surface area contributed by atoms with Gasteiger partial charge in [0.15, 0.2) is 0 Å². The zero-order chi connectivity index (χ0) is 15.5. The Labute approximate surface area is 122 Å². The smallest absolute Gasteiger partial charge is 0.337 e. The Morgan fingerprint density at radius 2 is 1.76 bits per heavy atom. The van der Waals surface area contributed by atoms with Crippen molar-refractivity contribution in [3.05, 3.63) is 59.8 Å². The van der Waals surface area contributed by atoms with Crippen molar-refractivity contribution in [1.29, 1.82) is 0 Å². The van der Waals surface area contributed by atoms with Crippen LogP contribution in [0.15, 0.2) is 48.7 Å². The first-order valence-corrected chi connectivity index (χ1v) is 6.47. The van der Waals surface area contributed by atoms with Crippen molar-refractivity contribution in [3.8, 4) is 0 Å². The van der Waals surface area contributed by atoms with Crippen LogP contribution in [0.3, 0.4) is 0 Å². The van der Waals surface area contributed by atoms with E-state index in [1.54, 1.807) is 0 Å². The third kappa shape index (κ3) is 3.25. The van der Waals surface area contributed by atoms with Crippen LogP contribution in [0.1, 0.15) is 29.8 Å². The van der Waals surface area contributed by atoms with Gasteiger partial charge in [0, 0.05) is 6.20 Å². The van der Waals surface area contributed by atoms with Crippen LogP contribution in [0.4, 0.5) is 5.82 Å². The second kappa shape index (κ2) is 5.75. The fourth-order valence-corrected chi connectivity index (χ4v) is 1.85. The maximum atomic E-state index is 12.4. The van der Waals surface area contributed by atoms with Crippen molar-refractivity contribution in [2.24, 2.45) is 0 Å². The molecule has 0 saturated heterocycles. The van der Waals surface area contributed by atoms with Crippen LogP contribution in [-0.2, 0) is 10.2 Å². The average Bonchev–Trinajstić information content (AvgIpc) is 2.48. The largest absolute Gasteiger partial charge is 0.478 e. The van der Waals surface area contributed by atoms with E-state index in [2.05, 4.69) is 10.3 Å². The van der Waals surface area contributed by atoms with E-state index in [0.29, 0.717) is 5.82 Å². The van der Waals surface area contributed by atoms with E-state index in [1.807, 2.05) is 44.2 Å². The normalized spacial score (nSPS) is 11.0. The van der Waals surface area contributed by atoms with Crippen LogP contribution >= 0.6 is 0 Å². The number of carbonyl (C=O) groups excluding carboxylic acids is 1. The van der Waals surface area contributed by atoms with Gasteiger partial charge in [0.2, 0.25) is 5.91 Å². The molecule has 1 aromatic heterocycles. The Morgan fingerprint density at radius 3 is 2.29 bits per heavy atom. The lowest BCUT2D eigenvalue weighted by atomic mass is 9.84. The maximum absolute atomic E-state index is 12.4. The van der Waals surface area contributed by atoms with Gasteiger partial charge in [0.25, 0.3) is 0 Å².